The molecule has 114 valence electrons. The zero-order valence-corrected chi connectivity index (χ0v) is 13.4. The fourth-order valence-corrected chi connectivity index (χ4v) is 2.12. The van der Waals surface area contributed by atoms with Gasteiger partial charge in [-0.05, 0) is 23.8 Å². The van der Waals surface area contributed by atoms with Gasteiger partial charge in [0.05, 0.1) is 29.8 Å². The number of nitrogens with zero attached hydrogens (tertiary/aromatic N) is 1. The molecule has 0 saturated heterocycles. The predicted octanol–water partition coefficient (Wildman–Crippen LogP) is 3.69. The number of ether oxygens (including phenoxy) is 1. The van der Waals surface area contributed by atoms with E-state index < -0.39 is 0 Å². The number of carbonyl (C=O) groups is 1. The van der Waals surface area contributed by atoms with Crippen molar-refractivity contribution in [2.45, 2.75) is 6.42 Å². The van der Waals surface area contributed by atoms with Crippen molar-refractivity contribution in [2.24, 2.45) is 5.10 Å². The van der Waals surface area contributed by atoms with Crippen molar-refractivity contribution in [1.82, 2.24) is 5.43 Å². The van der Waals surface area contributed by atoms with E-state index >= 15 is 0 Å². The number of hydrogen-bond acceptors (Lipinski definition) is 3. The Bertz CT molecular complexity index is 685. The Morgan fingerprint density at radius 1 is 1.23 bits per heavy atom. The van der Waals surface area contributed by atoms with Crippen molar-refractivity contribution in [1.29, 1.82) is 0 Å². The number of carbonyl (C=O) groups excluding carboxylic acids is 1. The molecule has 0 aliphatic carbocycles. The second-order valence-corrected chi connectivity index (χ2v) is 5.25. The molecule has 2 rings (SSSR count). The zero-order valence-electron chi connectivity index (χ0n) is 11.8. The van der Waals surface area contributed by atoms with Crippen molar-refractivity contribution in [3.63, 3.8) is 0 Å². The van der Waals surface area contributed by atoms with Crippen LogP contribution in [-0.2, 0) is 11.2 Å². The van der Waals surface area contributed by atoms with E-state index in [1.807, 2.05) is 12.1 Å². The van der Waals surface area contributed by atoms with Crippen LogP contribution in [0.4, 0.5) is 0 Å². The highest BCUT2D eigenvalue weighted by Crippen LogP contribution is 2.24. The third kappa shape index (κ3) is 4.48. The maximum absolute atomic E-state index is 11.8. The van der Waals surface area contributed by atoms with Crippen LogP contribution < -0.4 is 10.2 Å². The Morgan fingerprint density at radius 3 is 2.64 bits per heavy atom. The van der Waals surface area contributed by atoms with E-state index in [1.54, 1.807) is 37.4 Å². The van der Waals surface area contributed by atoms with E-state index in [0.29, 0.717) is 15.6 Å². The van der Waals surface area contributed by atoms with Gasteiger partial charge in [0, 0.05) is 5.56 Å². The van der Waals surface area contributed by atoms with Crippen molar-refractivity contribution >= 4 is 35.3 Å². The minimum absolute atomic E-state index is 0.223. The van der Waals surface area contributed by atoms with E-state index in [4.69, 9.17) is 27.9 Å². The molecule has 0 heterocycles. The average molecular weight is 337 g/mol. The highest BCUT2D eigenvalue weighted by atomic mass is 35.5. The van der Waals surface area contributed by atoms with Crippen LogP contribution in [0.25, 0.3) is 0 Å². The van der Waals surface area contributed by atoms with Gasteiger partial charge < -0.3 is 4.74 Å². The SMILES string of the molecule is COc1ccc(CC(=O)N/N=C\c2cccc(Cl)c2Cl)cc1. The molecule has 0 spiro atoms. The summed E-state index contributed by atoms with van der Waals surface area (Å²) in [6.45, 7) is 0. The Hall–Kier alpha value is -2.04. The standard InChI is InChI=1S/C16H14Cl2N2O2/c1-22-13-7-5-11(6-8-13)9-15(21)20-19-10-12-3-2-4-14(17)16(12)18/h2-8,10H,9H2,1H3,(H,20,21)/b19-10-. The first kappa shape index (κ1) is 16.3. The summed E-state index contributed by atoms with van der Waals surface area (Å²) in [7, 11) is 1.59. The first-order valence-corrected chi connectivity index (χ1v) is 7.24. The lowest BCUT2D eigenvalue weighted by molar-refractivity contribution is -0.120. The second kappa shape index (κ2) is 7.82. The maximum atomic E-state index is 11.8. The Balaban J connectivity index is 1.91. The topological polar surface area (TPSA) is 50.7 Å². The number of rotatable bonds is 5. The van der Waals surface area contributed by atoms with Crippen LogP contribution in [0.15, 0.2) is 47.6 Å². The fraction of sp³-hybridized carbons (Fsp3) is 0.125. The van der Waals surface area contributed by atoms with Crippen LogP contribution in [-0.4, -0.2) is 19.2 Å². The van der Waals surface area contributed by atoms with Gasteiger partial charge >= 0.3 is 0 Å². The summed E-state index contributed by atoms with van der Waals surface area (Å²) in [5, 5.41) is 4.72. The molecule has 2 aromatic carbocycles. The van der Waals surface area contributed by atoms with Crippen LogP contribution in [0.2, 0.25) is 10.0 Å². The van der Waals surface area contributed by atoms with Crippen LogP contribution in [0.3, 0.4) is 0 Å². The van der Waals surface area contributed by atoms with Gasteiger partial charge in [-0.15, -0.1) is 0 Å². The summed E-state index contributed by atoms with van der Waals surface area (Å²) in [6.07, 6.45) is 1.69. The normalized spacial score (nSPS) is 10.7. The average Bonchev–Trinajstić information content (AvgIpc) is 2.52. The molecular formula is C16H14Cl2N2O2. The summed E-state index contributed by atoms with van der Waals surface area (Å²) in [5.74, 6) is 0.525. The lowest BCUT2D eigenvalue weighted by atomic mass is 10.1. The Morgan fingerprint density at radius 2 is 1.95 bits per heavy atom. The molecule has 0 bridgehead atoms. The minimum Gasteiger partial charge on any atom is -0.497 e. The predicted molar refractivity (Wildman–Crippen MR) is 88.9 cm³/mol. The molecule has 1 N–H and O–H groups in total. The van der Waals surface area contributed by atoms with E-state index in [0.717, 1.165) is 11.3 Å². The lowest BCUT2D eigenvalue weighted by Crippen LogP contribution is -2.19. The largest absolute Gasteiger partial charge is 0.497 e. The number of hydrazone groups is 1. The maximum Gasteiger partial charge on any atom is 0.244 e. The van der Waals surface area contributed by atoms with E-state index in [2.05, 4.69) is 10.5 Å². The highest BCUT2D eigenvalue weighted by Gasteiger charge is 2.04. The monoisotopic (exact) mass is 336 g/mol. The molecule has 0 aliphatic heterocycles. The molecular weight excluding hydrogens is 323 g/mol. The van der Waals surface area contributed by atoms with Gasteiger partial charge in [0.2, 0.25) is 5.91 Å². The molecule has 2 aromatic rings. The minimum atomic E-state index is -0.223. The lowest BCUT2D eigenvalue weighted by Gasteiger charge is -2.03. The Kier molecular flexibility index (Phi) is 5.81. The number of benzene rings is 2. The molecule has 4 nitrogen and oxygen atoms in total. The molecule has 0 saturated carbocycles. The number of halogens is 2. The summed E-state index contributed by atoms with van der Waals surface area (Å²) in [4.78, 5) is 11.8. The molecule has 6 heteroatoms. The summed E-state index contributed by atoms with van der Waals surface area (Å²) in [5.41, 5.74) is 3.96. The first-order valence-electron chi connectivity index (χ1n) is 6.49. The van der Waals surface area contributed by atoms with E-state index in [9.17, 15) is 4.79 Å². The molecule has 0 radical (unpaired) electrons. The molecule has 0 aromatic heterocycles. The third-order valence-corrected chi connectivity index (χ3v) is 3.73. The smallest absolute Gasteiger partial charge is 0.244 e. The zero-order chi connectivity index (χ0) is 15.9. The van der Waals surface area contributed by atoms with Crippen molar-refractivity contribution in [3.05, 3.63) is 63.6 Å². The van der Waals surface area contributed by atoms with Crippen LogP contribution in [0, 0.1) is 0 Å². The molecule has 0 atom stereocenters. The number of amides is 1. The Labute approximate surface area is 138 Å². The van der Waals surface area contributed by atoms with Crippen LogP contribution in [0.1, 0.15) is 11.1 Å². The van der Waals surface area contributed by atoms with Gasteiger partial charge in [0.15, 0.2) is 0 Å². The van der Waals surface area contributed by atoms with Crippen molar-refractivity contribution in [3.8, 4) is 5.75 Å². The molecule has 0 fully saturated rings. The van der Waals surface area contributed by atoms with Crippen LogP contribution >= 0.6 is 23.2 Å². The summed E-state index contributed by atoms with van der Waals surface area (Å²) < 4.78 is 5.06. The fourth-order valence-electron chi connectivity index (χ4n) is 1.76. The van der Waals surface area contributed by atoms with Gasteiger partial charge in [-0.25, -0.2) is 5.43 Å². The van der Waals surface area contributed by atoms with Crippen LogP contribution in [0.5, 0.6) is 5.75 Å². The summed E-state index contributed by atoms with van der Waals surface area (Å²) in [6, 6.07) is 12.5. The first-order chi connectivity index (χ1) is 10.6. The second-order valence-electron chi connectivity index (χ2n) is 4.46. The van der Waals surface area contributed by atoms with Crippen molar-refractivity contribution in [2.75, 3.05) is 7.11 Å². The molecule has 22 heavy (non-hydrogen) atoms. The number of nitrogens with one attached hydrogen (secondary N) is 1. The molecule has 0 unspecified atom stereocenters. The number of methoxy groups -OCH3 is 1. The highest BCUT2D eigenvalue weighted by molar-refractivity contribution is 6.43. The number of hydrogen-bond donors (Lipinski definition) is 1. The quantitative estimate of drug-likeness (QED) is 0.668. The van der Waals surface area contributed by atoms with Gasteiger partial charge in [0.1, 0.15) is 5.75 Å². The van der Waals surface area contributed by atoms with E-state index in [-0.39, 0.29) is 12.3 Å². The van der Waals surface area contributed by atoms with Crippen molar-refractivity contribution < 1.29 is 9.53 Å². The third-order valence-electron chi connectivity index (χ3n) is 2.90. The molecule has 0 aliphatic rings. The van der Waals surface area contributed by atoms with Gasteiger partial charge in [-0.2, -0.15) is 5.10 Å². The molecule has 1 amide bonds. The van der Waals surface area contributed by atoms with Gasteiger partial charge in [-0.1, -0.05) is 47.5 Å². The summed E-state index contributed by atoms with van der Waals surface area (Å²) >= 11 is 11.9. The van der Waals surface area contributed by atoms with Gasteiger partial charge in [-0.3, -0.25) is 4.79 Å². The van der Waals surface area contributed by atoms with E-state index in [1.165, 1.54) is 6.21 Å². The van der Waals surface area contributed by atoms with Gasteiger partial charge in [0.25, 0.3) is 0 Å².